The van der Waals surface area contributed by atoms with Crippen LogP contribution in [0, 0.1) is 5.82 Å². The Morgan fingerprint density at radius 1 is 1.19 bits per heavy atom. The molecule has 2 rings (SSSR count). The van der Waals surface area contributed by atoms with E-state index in [1.54, 1.807) is 18.3 Å². The lowest BCUT2D eigenvalue weighted by Crippen LogP contribution is -2.13. The first-order valence-corrected chi connectivity index (χ1v) is 6.92. The normalized spacial score (nSPS) is 11.0. The largest absolute Gasteiger partial charge is 0.397 e. The standard InChI is InChI=1S/C16H21FN4/c1-21(2)7-3-4-11-8-12(10-13(17)9-11)16-15(19)14(18)5-6-20-16/h5-6,8-10H,3-4,7,19H2,1-2H3,(H2,18,20). The second-order valence-corrected chi connectivity index (χ2v) is 5.42. The number of nitrogen functional groups attached to an aromatic ring is 2. The molecule has 0 unspecified atom stereocenters. The molecule has 0 atom stereocenters. The Labute approximate surface area is 124 Å². The fourth-order valence-corrected chi connectivity index (χ4v) is 2.25. The van der Waals surface area contributed by atoms with Gasteiger partial charge in [-0.2, -0.15) is 0 Å². The number of aryl methyl sites for hydroxylation is 1. The molecule has 4 nitrogen and oxygen atoms in total. The number of halogens is 1. The minimum Gasteiger partial charge on any atom is -0.397 e. The lowest BCUT2D eigenvalue weighted by Gasteiger charge is -2.11. The highest BCUT2D eigenvalue weighted by Gasteiger charge is 2.09. The summed E-state index contributed by atoms with van der Waals surface area (Å²) < 4.78 is 13.8. The van der Waals surface area contributed by atoms with E-state index in [0.717, 1.165) is 24.9 Å². The van der Waals surface area contributed by atoms with Gasteiger partial charge in [-0.3, -0.25) is 4.98 Å². The van der Waals surface area contributed by atoms with Gasteiger partial charge < -0.3 is 16.4 Å². The number of rotatable bonds is 5. The van der Waals surface area contributed by atoms with Crippen molar-refractivity contribution in [1.82, 2.24) is 9.88 Å². The Morgan fingerprint density at radius 2 is 1.95 bits per heavy atom. The van der Waals surface area contributed by atoms with E-state index in [4.69, 9.17) is 11.5 Å². The van der Waals surface area contributed by atoms with E-state index in [2.05, 4.69) is 9.88 Å². The van der Waals surface area contributed by atoms with Crippen molar-refractivity contribution in [1.29, 1.82) is 0 Å². The summed E-state index contributed by atoms with van der Waals surface area (Å²) in [6, 6.07) is 6.56. The molecule has 0 spiro atoms. The van der Waals surface area contributed by atoms with Crippen LogP contribution in [0.1, 0.15) is 12.0 Å². The Balaban J connectivity index is 2.28. The molecular weight excluding hydrogens is 267 g/mol. The molecule has 2 aromatic rings. The summed E-state index contributed by atoms with van der Waals surface area (Å²) in [5, 5.41) is 0. The van der Waals surface area contributed by atoms with E-state index in [1.165, 1.54) is 6.07 Å². The van der Waals surface area contributed by atoms with Gasteiger partial charge in [0.15, 0.2) is 0 Å². The van der Waals surface area contributed by atoms with Crippen LogP contribution < -0.4 is 11.5 Å². The second-order valence-electron chi connectivity index (χ2n) is 5.42. The van der Waals surface area contributed by atoms with Gasteiger partial charge in [-0.15, -0.1) is 0 Å². The molecule has 1 aromatic carbocycles. The van der Waals surface area contributed by atoms with Crippen molar-refractivity contribution in [2.45, 2.75) is 12.8 Å². The molecule has 4 N–H and O–H groups in total. The number of aromatic nitrogens is 1. The average molecular weight is 288 g/mol. The predicted molar refractivity (Wildman–Crippen MR) is 85.3 cm³/mol. The summed E-state index contributed by atoms with van der Waals surface area (Å²) in [6.45, 7) is 0.963. The zero-order valence-corrected chi connectivity index (χ0v) is 12.4. The quantitative estimate of drug-likeness (QED) is 0.887. The van der Waals surface area contributed by atoms with Gasteiger partial charge in [0, 0.05) is 11.8 Å². The Kier molecular flexibility index (Phi) is 4.75. The maximum atomic E-state index is 13.8. The Morgan fingerprint density at radius 3 is 2.67 bits per heavy atom. The highest BCUT2D eigenvalue weighted by molar-refractivity contribution is 5.81. The molecule has 112 valence electrons. The minimum absolute atomic E-state index is 0.282. The number of pyridine rings is 1. The van der Waals surface area contributed by atoms with Crippen LogP contribution in [0.3, 0.4) is 0 Å². The van der Waals surface area contributed by atoms with Gasteiger partial charge in [-0.1, -0.05) is 0 Å². The van der Waals surface area contributed by atoms with Gasteiger partial charge in [0.1, 0.15) is 5.82 Å². The molecule has 5 heteroatoms. The number of nitrogens with two attached hydrogens (primary N) is 2. The van der Waals surface area contributed by atoms with Crippen LogP contribution in [0.5, 0.6) is 0 Å². The first-order valence-electron chi connectivity index (χ1n) is 6.92. The number of hydrogen-bond donors (Lipinski definition) is 2. The van der Waals surface area contributed by atoms with Crippen molar-refractivity contribution in [3.05, 3.63) is 41.8 Å². The number of nitrogens with zero attached hydrogens (tertiary/aromatic N) is 2. The summed E-state index contributed by atoms with van der Waals surface area (Å²) in [4.78, 5) is 6.33. The van der Waals surface area contributed by atoms with E-state index in [1.807, 2.05) is 20.2 Å². The van der Waals surface area contributed by atoms with Crippen molar-refractivity contribution >= 4 is 11.4 Å². The maximum absolute atomic E-state index is 13.8. The van der Waals surface area contributed by atoms with Gasteiger partial charge in [0.05, 0.1) is 17.1 Å². The third kappa shape index (κ3) is 3.92. The predicted octanol–water partition coefficient (Wildman–Crippen LogP) is 2.55. The van der Waals surface area contributed by atoms with Crippen molar-refractivity contribution in [3.8, 4) is 11.3 Å². The molecule has 1 aromatic heterocycles. The summed E-state index contributed by atoms with van der Waals surface area (Å²) in [5.74, 6) is -0.282. The Bertz CT molecular complexity index is 626. The van der Waals surface area contributed by atoms with Crippen LogP contribution in [0.4, 0.5) is 15.8 Å². The summed E-state index contributed by atoms with van der Waals surface area (Å²) in [6.07, 6.45) is 3.36. The van der Waals surface area contributed by atoms with Gasteiger partial charge in [-0.05, 0) is 63.3 Å². The van der Waals surface area contributed by atoms with Crippen LogP contribution in [0.25, 0.3) is 11.3 Å². The van der Waals surface area contributed by atoms with Gasteiger partial charge in [0.2, 0.25) is 0 Å². The van der Waals surface area contributed by atoms with Gasteiger partial charge in [0.25, 0.3) is 0 Å². The molecule has 21 heavy (non-hydrogen) atoms. The molecule has 0 radical (unpaired) electrons. The first kappa shape index (κ1) is 15.3. The molecule has 0 saturated carbocycles. The second kappa shape index (κ2) is 6.54. The smallest absolute Gasteiger partial charge is 0.124 e. The lowest BCUT2D eigenvalue weighted by atomic mass is 10.0. The monoisotopic (exact) mass is 288 g/mol. The summed E-state index contributed by atoms with van der Waals surface area (Å²) in [5.41, 5.74) is 14.7. The van der Waals surface area contributed by atoms with Crippen molar-refractivity contribution < 1.29 is 4.39 Å². The van der Waals surface area contributed by atoms with Crippen LogP contribution in [-0.2, 0) is 6.42 Å². The fourth-order valence-electron chi connectivity index (χ4n) is 2.25. The van der Waals surface area contributed by atoms with Crippen molar-refractivity contribution in [2.24, 2.45) is 0 Å². The molecule has 0 bridgehead atoms. The molecule has 0 fully saturated rings. The minimum atomic E-state index is -0.282. The SMILES string of the molecule is CN(C)CCCc1cc(F)cc(-c2nccc(N)c2N)c1. The van der Waals surface area contributed by atoms with Crippen LogP contribution >= 0.6 is 0 Å². The third-order valence-corrected chi connectivity index (χ3v) is 3.33. The van der Waals surface area contributed by atoms with Crippen LogP contribution in [0.15, 0.2) is 30.5 Å². The molecule has 0 saturated heterocycles. The highest BCUT2D eigenvalue weighted by atomic mass is 19.1. The molecular formula is C16H21FN4. The molecule has 0 aliphatic heterocycles. The first-order chi connectivity index (χ1) is 9.97. The maximum Gasteiger partial charge on any atom is 0.124 e. The van der Waals surface area contributed by atoms with Crippen LogP contribution in [-0.4, -0.2) is 30.5 Å². The zero-order valence-electron chi connectivity index (χ0n) is 12.4. The van der Waals surface area contributed by atoms with Crippen molar-refractivity contribution in [3.63, 3.8) is 0 Å². The van der Waals surface area contributed by atoms with E-state index in [-0.39, 0.29) is 5.82 Å². The van der Waals surface area contributed by atoms with E-state index in [0.29, 0.717) is 22.6 Å². The Hall–Kier alpha value is -2.14. The number of anilines is 2. The molecule has 0 amide bonds. The van der Waals surface area contributed by atoms with E-state index in [9.17, 15) is 4.39 Å². The van der Waals surface area contributed by atoms with E-state index >= 15 is 0 Å². The number of hydrogen-bond acceptors (Lipinski definition) is 4. The third-order valence-electron chi connectivity index (χ3n) is 3.33. The molecule has 0 aliphatic carbocycles. The van der Waals surface area contributed by atoms with E-state index < -0.39 is 0 Å². The van der Waals surface area contributed by atoms with Gasteiger partial charge >= 0.3 is 0 Å². The zero-order chi connectivity index (χ0) is 15.4. The highest BCUT2D eigenvalue weighted by Crippen LogP contribution is 2.29. The summed E-state index contributed by atoms with van der Waals surface area (Å²) >= 11 is 0. The molecule has 1 heterocycles. The fraction of sp³-hybridized carbons (Fsp3) is 0.312. The van der Waals surface area contributed by atoms with Crippen molar-refractivity contribution in [2.75, 3.05) is 32.1 Å². The average Bonchev–Trinajstić information content (AvgIpc) is 2.41. The van der Waals surface area contributed by atoms with Crippen LogP contribution in [0.2, 0.25) is 0 Å². The van der Waals surface area contributed by atoms with Gasteiger partial charge in [-0.25, -0.2) is 4.39 Å². The number of benzene rings is 1. The lowest BCUT2D eigenvalue weighted by molar-refractivity contribution is 0.400. The summed E-state index contributed by atoms with van der Waals surface area (Å²) in [7, 11) is 4.04. The topological polar surface area (TPSA) is 68.2 Å². The molecule has 0 aliphatic rings.